The number of methoxy groups -OCH3 is 2. The van der Waals surface area contributed by atoms with Crippen molar-refractivity contribution < 1.29 is 19.1 Å². The molecular weight excluding hydrogens is 484 g/mol. The summed E-state index contributed by atoms with van der Waals surface area (Å²) in [6.07, 6.45) is 2.60. The van der Waals surface area contributed by atoms with Crippen LogP contribution in [0.4, 0.5) is 0 Å². The number of carbonyl (C=O) groups is 2. The molecule has 0 bridgehead atoms. The van der Waals surface area contributed by atoms with E-state index in [1.807, 2.05) is 29.2 Å². The van der Waals surface area contributed by atoms with E-state index < -0.39 is 0 Å². The molecule has 0 spiro atoms. The van der Waals surface area contributed by atoms with Gasteiger partial charge in [-0.3, -0.25) is 9.59 Å². The fourth-order valence-corrected chi connectivity index (χ4v) is 5.74. The zero-order valence-electron chi connectivity index (χ0n) is 19.7. The second kappa shape index (κ2) is 9.91. The van der Waals surface area contributed by atoms with Crippen LogP contribution in [0.3, 0.4) is 0 Å². The summed E-state index contributed by atoms with van der Waals surface area (Å²) in [5.74, 6) is 0.789. The number of halogens is 1. The third-order valence-corrected chi connectivity index (χ3v) is 7.91. The Morgan fingerprint density at radius 1 is 1.09 bits per heavy atom. The fraction of sp³-hybridized carbons (Fsp3) is 0.333. The first-order valence-corrected chi connectivity index (χ1v) is 12.9. The zero-order valence-corrected chi connectivity index (χ0v) is 21.3. The monoisotopic (exact) mass is 510 g/mol. The van der Waals surface area contributed by atoms with Gasteiger partial charge in [0.05, 0.1) is 25.8 Å². The maximum Gasteiger partial charge on any atom is 0.258 e. The summed E-state index contributed by atoms with van der Waals surface area (Å²) in [7, 11) is 3.10. The Bertz CT molecular complexity index is 1240. The predicted molar refractivity (Wildman–Crippen MR) is 137 cm³/mol. The van der Waals surface area contributed by atoms with E-state index >= 15 is 0 Å². The number of carbonyl (C=O) groups excluding carboxylic acids is 2. The molecule has 182 valence electrons. The molecule has 2 aromatic carbocycles. The molecule has 2 aliphatic rings. The van der Waals surface area contributed by atoms with Crippen molar-refractivity contribution in [2.24, 2.45) is 0 Å². The first-order chi connectivity index (χ1) is 17.0. The van der Waals surface area contributed by atoms with E-state index in [0.29, 0.717) is 28.6 Å². The number of hydrogen-bond acceptors (Lipinski definition) is 5. The zero-order chi connectivity index (χ0) is 24.5. The Labute approximate surface area is 214 Å². The quantitative estimate of drug-likeness (QED) is 0.438. The molecule has 1 atom stereocenters. The summed E-state index contributed by atoms with van der Waals surface area (Å²) < 4.78 is 10.7. The second-order valence-corrected chi connectivity index (χ2v) is 10.3. The van der Waals surface area contributed by atoms with Crippen molar-refractivity contribution in [3.05, 3.63) is 80.5 Å². The summed E-state index contributed by atoms with van der Waals surface area (Å²) in [5.41, 5.74) is 2.60. The van der Waals surface area contributed by atoms with E-state index in [4.69, 9.17) is 21.1 Å². The number of hydrogen-bond donors (Lipinski definition) is 0. The van der Waals surface area contributed by atoms with Crippen LogP contribution in [0.1, 0.15) is 45.2 Å². The SMILES string of the molecule is COc1ccc(C(=O)N(CC(=O)N2CCc3sccc3C2c2ccc(Cl)cc2)C2CC2)c(OC)c1. The number of nitrogens with zero attached hydrogens (tertiary/aromatic N) is 2. The molecule has 6 nitrogen and oxygen atoms in total. The van der Waals surface area contributed by atoms with E-state index in [1.165, 1.54) is 12.0 Å². The standard InChI is InChI=1S/C27H27ClN2O4S/c1-33-20-9-10-21(23(15-20)34-2)27(32)30(19-7-8-19)16-25(31)29-13-11-24-22(12-14-35-24)26(29)17-3-5-18(28)6-4-17/h3-6,9-10,12,14-15,19,26H,7-8,11,13,16H2,1-2H3. The lowest BCUT2D eigenvalue weighted by molar-refractivity contribution is -0.134. The van der Waals surface area contributed by atoms with Crippen molar-refractivity contribution in [3.63, 3.8) is 0 Å². The summed E-state index contributed by atoms with van der Waals surface area (Å²) >= 11 is 7.86. The highest BCUT2D eigenvalue weighted by Gasteiger charge is 2.39. The fourth-order valence-electron chi connectivity index (χ4n) is 4.71. The van der Waals surface area contributed by atoms with Gasteiger partial charge in [-0.2, -0.15) is 0 Å². The average Bonchev–Trinajstić information content (AvgIpc) is 3.61. The van der Waals surface area contributed by atoms with Crippen LogP contribution in [0.15, 0.2) is 53.9 Å². The molecule has 0 N–H and O–H groups in total. The maximum atomic E-state index is 13.8. The number of benzene rings is 2. The average molecular weight is 511 g/mol. The Balaban J connectivity index is 1.43. The lowest BCUT2D eigenvalue weighted by Crippen LogP contribution is -2.47. The molecule has 1 saturated carbocycles. The number of rotatable bonds is 7. The highest BCUT2D eigenvalue weighted by Crippen LogP contribution is 2.39. The summed E-state index contributed by atoms with van der Waals surface area (Å²) in [6.45, 7) is 0.639. The summed E-state index contributed by atoms with van der Waals surface area (Å²) in [6, 6.07) is 14.8. The Morgan fingerprint density at radius 2 is 1.86 bits per heavy atom. The Morgan fingerprint density at radius 3 is 2.54 bits per heavy atom. The van der Waals surface area contributed by atoms with Crippen molar-refractivity contribution >= 4 is 34.8 Å². The number of fused-ring (bicyclic) bond motifs is 1. The van der Waals surface area contributed by atoms with E-state index in [0.717, 1.165) is 30.4 Å². The molecule has 1 aliphatic heterocycles. The van der Waals surface area contributed by atoms with Gasteiger partial charge in [-0.15, -0.1) is 11.3 Å². The Kier molecular flexibility index (Phi) is 6.71. The van der Waals surface area contributed by atoms with Crippen molar-refractivity contribution in [3.8, 4) is 11.5 Å². The van der Waals surface area contributed by atoms with Crippen LogP contribution in [-0.2, 0) is 11.2 Å². The Hall–Kier alpha value is -3.03. The molecule has 5 rings (SSSR count). The summed E-state index contributed by atoms with van der Waals surface area (Å²) in [5, 5.41) is 2.74. The first kappa shape index (κ1) is 23.7. The molecule has 2 heterocycles. The van der Waals surface area contributed by atoms with Crippen molar-refractivity contribution in [2.75, 3.05) is 27.3 Å². The van der Waals surface area contributed by atoms with Gasteiger partial charge in [-0.05, 0) is 66.1 Å². The van der Waals surface area contributed by atoms with E-state index in [2.05, 4.69) is 11.4 Å². The molecule has 2 amide bonds. The third kappa shape index (κ3) is 4.75. The van der Waals surface area contributed by atoms with Gasteiger partial charge in [0.2, 0.25) is 5.91 Å². The van der Waals surface area contributed by atoms with E-state index in [-0.39, 0.29) is 30.4 Å². The van der Waals surface area contributed by atoms with Crippen molar-refractivity contribution in [1.82, 2.24) is 9.80 Å². The number of ether oxygens (including phenoxy) is 2. The van der Waals surface area contributed by atoms with Crippen LogP contribution in [0.5, 0.6) is 11.5 Å². The van der Waals surface area contributed by atoms with E-state index in [1.54, 1.807) is 41.5 Å². The molecule has 1 unspecified atom stereocenters. The molecule has 1 aliphatic carbocycles. The second-order valence-electron chi connectivity index (χ2n) is 8.82. The van der Waals surface area contributed by atoms with Crippen LogP contribution in [0, 0.1) is 0 Å². The van der Waals surface area contributed by atoms with Crippen molar-refractivity contribution in [1.29, 1.82) is 0 Å². The van der Waals surface area contributed by atoms with Crippen LogP contribution in [0.2, 0.25) is 5.02 Å². The largest absolute Gasteiger partial charge is 0.497 e. The molecule has 1 aromatic heterocycles. The molecule has 8 heteroatoms. The van der Waals surface area contributed by atoms with Crippen LogP contribution >= 0.6 is 22.9 Å². The van der Waals surface area contributed by atoms with Gasteiger partial charge in [-0.1, -0.05) is 23.7 Å². The minimum atomic E-state index is -0.198. The van der Waals surface area contributed by atoms with Gasteiger partial charge in [0.1, 0.15) is 18.0 Å². The van der Waals surface area contributed by atoms with Crippen molar-refractivity contribution in [2.45, 2.75) is 31.3 Å². The van der Waals surface area contributed by atoms with Gasteiger partial charge in [0.15, 0.2) is 0 Å². The first-order valence-electron chi connectivity index (χ1n) is 11.6. The molecule has 0 saturated heterocycles. The van der Waals surface area contributed by atoms with E-state index in [9.17, 15) is 9.59 Å². The molecule has 3 aromatic rings. The van der Waals surface area contributed by atoms with Crippen LogP contribution < -0.4 is 9.47 Å². The molecule has 0 radical (unpaired) electrons. The smallest absolute Gasteiger partial charge is 0.258 e. The highest BCUT2D eigenvalue weighted by atomic mass is 35.5. The maximum absolute atomic E-state index is 13.8. The van der Waals surface area contributed by atoms with Crippen LogP contribution in [0.25, 0.3) is 0 Å². The van der Waals surface area contributed by atoms with Gasteiger partial charge < -0.3 is 19.3 Å². The number of amides is 2. The van der Waals surface area contributed by atoms with Gasteiger partial charge in [-0.25, -0.2) is 0 Å². The predicted octanol–water partition coefficient (Wildman–Crippen LogP) is 5.20. The highest BCUT2D eigenvalue weighted by molar-refractivity contribution is 7.10. The van der Waals surface area contributed by atoms with Gasteiger partial charge >= 0.3 is 0 Å². The minimum absolute atomic E-state index is 0.0300. The lowest BCUT2D eigenvalue weighted by Gasteiger charge is -2.37. The summed E-state index contributed by atoms with van der Waals surface area (Å²) in [4.78, 5) is 32.3. The molecule has 35 heavy (non-hydrogen) atoms. The lowest BCUT2D eigenvalue weighted by atomic mass is 9.93. The number of thiophene rings is 1. The van der Waals surface area contributed by atoms with Gasteiger partial charge in [0.25, 0.3) is 5.91 Å². The molecule has 1 fully saturated rings. The van der Waals surface area contributed by atoms with Crippen LogP contribution in [-0.4, -0.2) is 55.0 Å². The minimum Gasteiger partial charge on any atom is -0.497 e. The topological polar surface area (TPSA) is 59.1 Å². The third-order valence-electron chi connectivity index (χ3n) is 6.67. The van der Waals surface area contributed by atoms with Gasteiger partial charge in [0, 0.05) is 28.6 Å². The normalized spacial score (nSPS) is 17.0. The molecular formula is C27H27ClN2O4S.